The van der Waals surface area contributed by atoms with Crippen molar-refractivity contribution in [3.05, 3.63) is 75.6 Å². The third-order valence-corrected chi connectivity index (χ3v) is 3.95. The number of benzene rings is 1. The van der Waals surface area contributed by atoms with Crippen LogP contribution in [0.5, 0.6) is 5.95 Å². The van der Waals surface area contributed by atoms with Crippen LogP contribution in [0.2, 0.25) is 0 Å². The Labute approximate surface area is 161 Å². The molecule has 1 aromatic heterocycles. The van der Waals surface area contributed by atoms with Gasteiger partial charge in [0, 0.05) is 36.3 Å². The molecule has 3 N–H and O–H groups in total. The summed E-state index contributed by atoms with van der Waals surface area (Å²) in [6.45, 7) is 3.01. The van der Waals surface area contributed by atoms with Crippen molar-refractivity contribution in [2.75, 3.05) is 13.6 Å². The number of aryl methyl sites for hydroxylation is 1. The first kappa shape index (κ1) is 19.8. The van der Waals surface area contributed by atoms with E-state index < -0.39 is 0 Å². The van der Waals surface area contributed by atoms with E-state index in [0.717, 1.165) is 13.0 Å². The highest BCUT2D eigenvalue weighted by molar-refractivity contribution is 9.11. The number of nitrogens with zero attached hydrogens (tertiary/aromatic N) is 1. The zero-order valence-electron chi connectivity index (χ0n) is 14.7. The molecule has 0 fully saturated rings. The van der Waals surface area contributed by atoms with Gasteiger partial charge in [0.1, 0.15) is 6.07 Å². The van der Waals surface area contributed by atoms with Gasteiger partial charge in [0.2, 0.25) is 5.76 Å². The Hall–Kier alpha value is -2.53. The summed E-state index contributed by atoms with van der Waals surface area (Å²) in [5, 5.41) is 11.7. The van der Waals surface area contributed by atoms with E-state index in [1.807, 2.05) is 6.07 Å². The Bertz CT molecular complexity index is 804. The monoisotopic (exact) mass is 416 g/mol. The summed E-state index contributed by atoms with van der Waals surface area (Å²) in [5.41, 5.74) is 8.82. The predicted octanol–water partition coefficient (Wildman–Crippen LogP) is 3.47. The van der Waals surface area contributed by atoms with E-state index in [4.69, 9.17) is 14.5 Å². The molecule has 26 heavy (non-hydrogen) atoms. The Balaban J connectivity index is 0.000000197. The van der Waals surface area contributed by atoms with Gasteiger partial charge >= 0.3 is 5.95 Å². The van der Waals surface area contributed by atoms with Crippen LogP contribution >= 0.6 is 15.9 Å². The van der Waals surface area contributed by atoms with Gasteiger partial charge < -0.3 is 14.6 Å². The van der Waals surface area contributed by atoms with E-state index in [2.05, 4.69) is 75.6 Å². The first-order valence-electron chi connectivity index (χ1n) is 8.04. The Morgan fingerprint density at radius 2 is 2.00 bits per heavy atom. The summed E-state index contributed by atoms with van der Waals surface area (Å²) < 4.78 is 6.05. The molecule has 7 heteroatoms. The largest absolute Gasteiger partial charge is 0.414 e. The molecule has 0 radical (unpaired) electrons. The molecule has 1 aliphatic rings. The van der Waals surface area contributed by atoms with Crippen LogP contribution in [0.1, 0.15) is 16.9 Å². The number of nitrogens with one attached hydrogen (secondary N) is 3. The molecule has 0 atom stereocenters. The van der Waals surface area contributed by atoms with Crippen LogP contribution in [0, 0.1) is 18.3 Å². The number of hydrogen-bond acceptors (Lipinski definition) is 6. The first-order chi connectivity index (χ1) is 12.6. The van der Waals surface area contributed by atoms with E-state index in [-0.39, 0.29) is 11.7 Å². The zero-order valence-corrected chi connectivity index (χ0v) is 16.3. The predicted molar refractivity (Wildman–Crippen MR) is 104 cm³/mol. The van der Waals surface area contributed by atoms with Crippen molar-refractivity contribution in [3.8, 4) is 12.0 Å². The molecule has 136 valence electrons. The Morgan fingerprint density at radius 3 is 2.58 bits per heavy atom. The number of allylic oxidation sites excluding steroid dienone is 3. The average molecular weight is 417 g/mol. The standard InChI is InChI=1S/C13H14BrN.C6H7N3O2/c1-10-2-4-11(5-3-10)8-13-7-6-12(14)9-15-13;1-8-9-11-6-3-2-5(4-7)10-6/h2-7,15H,8-9H2,1H3;2-3,8-9H,1H3. The van der Waals surface area contributed by atoms with Crippen molar-refractivity contribution >= 4 is 15.9 Å². The molecular formula is C19H21BrN4O2. The van der Waals surface area contributed by atoms with E-state index >= 15 is 0 Å². The summed E-state index contributed by atoms with van der Waals surface area (Å²) in [6.07, 6.45) is 5.23. The highest BCUT2D eigenvalue weighted by atomic mass is 79.9. The number of hydrogen-bond donors (Lipinski definition) is 3. The first-order valence-corrected chi connectivity index (χ1v) is 8.83. The molecule has 0 aliphatic carbocycles. The molecule has 0 unspecified atom stereocenters. The summed E-state index contributed by atoms with van der Waals surface area (Å²) >= 11 is 3.46. The van der Waals surface area contributed by atoms with Gasteiger partial charge in [0.15, 0.2) is 0 Å². The quantitative estimate of drug-likeness (QED) is 0.647. The van der Waals surface area contributed by atoms with Crippen LogP contribution in [0.3, 0.4) is 0 Å². The van der Waals surface area contributed by atoms with Crippen molar-refractivity contribution in [1.82, 2.24) is 16.3 Å². The summed E-state index contributed by atoms with van der Waals surface area (Å²) in [7, 11) is 1.65. The van der Waals surface area contributed by atoms with E-state index in [1.165, 1.54) is 27.4 Å². The van der Waals surface area contributed by atoms with Gasteiger partial charge in [-0.1, -0.05) is 51.3 Å². The second-order valence-corrected chi connectivity index (χ2v) is 6.52. The van der Waals surface area contributed by atoms with Gasteiger partial charge in [-0.15, -0.1) is 0 Å². The number of halogens is 1. The summed E-state index contributed by atoms with van der Waals surface area (Å²) in [6, 6.07) is 13.6. The molecule has 1 aromatic carbocycles. The van der Waals surface area contributed by atoms with Crippen molar-refractivity contribution in [1.29, 1.82) is 5.26 Å². The van der Waals surface area contributed by atoms with Gasteiger partial charge in [-0.3, -0.25) is 0 Å². The van der Waals surface area contributed by atoms with Crippen LogP contribution in [0.25, 0.3) is 0 Å². The molecule has 2 heterocycles. The lowest BCUT2D eigenvalue weighted by molar-refractivity contribution is 0.118. The molecule has 1 aliphatic heterocycles. The second-order valence-electron chi connectivity index (χ2n) is 5.51. The lowest BCUT2D eigenvalue weighted by atomic mass is 10.1. The van der Waals surface area contributed by atoms with Crippen LogP contribution < -0.4 is 21.2 Å². The maximum absolute atomic E-state index is 8.34. The fourth-order valence-electron chi connectivity index (χ4n) is 2.09. The molecule has 3 rings (SSSR count). The maximum Gasteiger partial charge on any atom is 0.307 e. The van der Waals surface area contributed by atoms with Gasteiger partial charge in [-0.05, 0) is 30.7 Å². The highest BCUT2D eigenvalue weighted by Gasteiger charge is 2.03. The fourth-order valence-corrected chi connectivity index (χ4v) is 2.36. The molecule has 6 nitrogen and oxygen atoms in total. The third-order valence-electron chi connectivity index (χ3n) is 3.41. The second kappa shape index (κ2) is 10.5. The van der Waals surface area contributed by atoms with Crippen LogP contribution in [-0.4, -0.2) is 13.6 Å². The van der Waals surface area contributed by atoms with E-state index in [1.54, 1.807) is 13.1 Å². The maximum atomic E-state index is 8.34. The number of rotatable bonds is 5. The van der Waals surface area contributed by atoms with Gasteiger partial charge in [-0.2, -0.15) is 5.26 Å². The van der Waals surface area contributed by atoms with Crippen LogP contribution in [0.4, 0.5) is 0 Å². The fraction of sp³-hybridized carbons (Fsp3) is 0.211. The van der Waals surface area contributed by atoms with Crippen LogP contribution in [0.15, 0.2) is 63.1 Å². The summed E-state index contributed by atoms with van der Waals surface area (Å²) in [5.74, 6) is 0.466. The topological polar surface area (TPSA) is 82.2 Å². The number of hydrazine groups is 1. The minimum absolute atomic E-state index is 0.220. The smallest absolute Gasteiger partial charge is 0.307 e. The highest BCUT2D eigenvalue weighted by Crippen LogP contribution is 2.14. The Morgan fingerprint density at radius 1 is 1.23 bits per heavy atom. The van der Waals surface area contributed by atoms with Gasteiger partial charge in [0.05, 0.1) is 0 Å². The number of nitriles is 1. The van der Waals surface area contributed by atoms with Gasteiger partial charge in [-0.25, -0.2) is 5.43 Å². The van der Waals surface area contributed by atoms with E-state index in [0.29, 0.717) is 0 Å². The summed E-state index contributed by atoms with van der Waals surface area (Å²) in [4.78, 5) is 4.76. The van der Waals surface area contributed by atoms with Crippen molar-refractivity contribution < 1.29 is 9.25 Å². The number of dihydropyridines is 1. The lowest BCUT2D eigenvalue weighted by Crippen LogP contribution is -2.30. The lowest BCUT2D eigenvalue weighted by Gasteiger charge is -2.14. The van der Waals surface area contributed by atoms with Crippen LogP contribution in [-0.2, 0) is 6.42 Å². The van der Waals surface area contributed by atoms with Crippen molar-refractivity contribution in [2.24, 2.45) is 0 Å². The number of furan rings is 1. The molecule has 0 saturated heterocycles. The molecule has 0 bridgehead atoms. The normalized spacial score (nSPS) is 12.7. The zero-order chi connectivity index (χ0) is 18.8. The Kier molecular flexibility index (Phi) is 7.96. The molecule has 0 amide bonds. The molecular weight excluding hydrogens is 396 g/mol. The molecule has 0 saturated carbocycles. The molecule has 2 aromatic rings. The minimum atomic E-state index is 0.220. The third kappa shape index (κ3) is 6.76. The SMILES string of the molecule is CNNOc1ccc(C#N)o1.Cc1ccc(CC2=CC=C(Br)CN2)cc1. The van der Waals surface area contributed by atoms with Crippen molar-refractivity contribution in [3.63, 3.8) is 0 Å². The molecule has 0 spiro atoms. The van der Waals surface area contributed by atoms with Gasteiger partial charge in [0.25, 0.3) is 0 Å². The van der Waals surface area contributed by atoms with E-state index in [9.17, 15) is 0 Å². The van der Waals surface area contributed by atoms with Crippen molar-refractivity contribution in [2.45, 2.75) is 13.3 Å². The average Bonchev–Trinajstić information content (AvgIpc) is 3.12. The minimum Gasteiger partial charge on any atom is -0.414 e.